The number of fused-ring (bicyclic) bond motifs is 1. The Morgan fingerprint density at radius 2 is 1.93 bits per heavy atom. The number of hydrogen-bond donors (Lipinski definition) is 1. The van der Waals surface area contributed by atoms with E-state index in [0.717, 1.165) is 17.3 Å². The van der Waals surface area contributed by atoms with Crippen LogP contribution in [0, 0.1) is 0 Å². The molecule has 1 aromatic heterocycles. The Balaban J connectivity index is 1.46. The zero-order chi connectivity index (χ0) is 20.8. The fourth-order valence-electron chi connectivity index (χ4n) is 4.28. The number of aromatic amines is 1. The van der Waals surface area contributed by atoms with Crippen molar-refractivity contribution in [3.63, 3.8) is 0 Å². The number of nitrogens with zero attached hydrogens (tertiary/aromatic N) is 2. The van der Waals surface area contributed by atoms with Gasteiger partial charge in [0.1, 0.15) is 0 Å². The quantitative estimate of drug-likeness (QED) is 0.808. The standard InChI is InChI=1S/C21H24F3N3O2/c1-20(2)11-17-15(12-29-20)18(26-25-17)19(28)27-9-7-13(8-10-27)14-5-3-4-6-16(14)21(22,23)24/h3-6,13H,7-12H2,1-2H3,(H,25,26). The Kier molecular flexibility index (Phi) is 4.93. The molecule has 1 fully saturated rings. The summed E-state index contributed by atoms with van der Waals surface area (Å²) in [6.07, 6.45) is -2.73. The van der Waals surface area contributed by atoms with Crippen LogP contribution in [-0.4, -0.2) is 39.7 Å². The number of H-pyrrole nitrogens is 1. The molecule has 0 saturated carbocycles. The van der Waals surface area contributed by atoms with Gasteiger partial charge in [0.15, 0.2) is 5.69 Å². The highest BCUT2D eigenvalue weighted by Crippen LogP contribution is 2.39. The molecule has 2 aliphatic heterocycles. The first kappa shape index (κ1) is 19.9. The number of aromatic nitrogens is 2. The number of piperidine rings is 1. The Hall–Kier alpha value is -2.35. The number of carbonyl (C=O) groups is 1. The Morgan fingerprint density at radius 3 is 2.62 bits per heavy atom. The predicted molar refractivity (Wildman–Crippen MR) is 100 cm³/mol. The molecule has 2 aromatic rings. The van der Waals surface area contributed by atoms with E-state index in [0.29, 0.717) is 50.2 Å². The minimum atomic E-state index is -4.37. The second-order valence-electron chi connectivity index (χ2n) is 8.41. The van der Waals surface area contributed by atoms with E-state index in [4.69, 9.17) is 4.74 Å². The van der Waals surface area contributed by atoms with Crippen molar-refractivity contribution in [3.05, 3.63) is 52.3 Å². The number of alkyl halides is 3. The Morgan fingerprint density at radius 1 is 1.24 bits per heavy atom. The lowest BCUT2D eigenvalue weighted by Crippen LogP contribution is -2.39. The number of likely N-dealkylation sites (tertiary alicyclic amines) is 1. The van der Waals surface area contributed by atoms with E-state index < -0.39 is 11.7 Å². The second kappa shape index (κ2) is 7.16. The fourth-order valence-corrected chi connectivity index (χ4v) is 4.28. The van der Waals surface area contributed by atoms with E-state index in [1.54, 1.807) is 17.0 Å². The molecule has 1 amide bonds. The van der Waals surface area contributed by atoms with Crippen molar-refractivity contribution in [2.75, 3.05) is 13.1 Å². The number of amides is 1. The summed E-state index contributed by atoms with van der Waals surface area (Å²) in [5.74, 6) is -0.400. The molecule has 4 rings (SSSR count). The third kappa shape index (κ3) is 3.90. The number of rotatable bonds is 2. The summed E-state index contributed by atoms with van der Waals surface area (Å²) in [6, 6.07) is 5.73. The smallest absolute Gasteiger partial charge is 0.370 e. The number of benzene rings is 1. The van der Waals surface area contributed by atoms with E-state index in [2.05, 4.69) is 10.2 Å². The number of nitrogens with one attached hydrogen (secondary N) is 1. The maximum atomic E-state index is 13.3. The molecule has 0 atom stereocenters. The number of ether oxygens (including phenoxy) is 1. The molecule has 1 N–H and O–H groups in total. The molecule has 1 aromatic carbocycles. The number of hydrogen-bond acceptors (Lipinski definition) is 3. The van der Waals surface area contributed by atoms with Crippen LogP contribution in [-0.2, 0) is 23.9 Å². The van der Waals surface area contributed by atoms with Gasteiger partial charge in [-0.25, -0.2) is 0 Å². The van der Waals surface area contributed by atoms with Crippen molar-refractivity contribution in [1.29, 1.82) is 0 Å². The summed E-state index contributed by atoms with van der Waals surface area (Å²) < 4.78 is 45.8. The van der Waals surface area contributed by atoms with Gasteiger partial charge >= 0.3 is 6.18 Å². The summed E-state index contributed by atoms with van der Waals surface area (Å²) in [7, 11) is 0. The van der Waals surface area contributed by atoms with E-state index >= 15 is 0 Å². The molecule has 0 radical (unpaired) electrons. The van der Waals surface area contributed by atoms with Gasteiger partial charge in [0.2, 0.25) is 0 Å². The van der Waals surface area contributed by atoms with Crippen LogP contribution in [0.2, 0.25) is 0 Å². The normalized spacial score (nSPS) is 19.8. The monoisotopic (exact) mass is 407 g/mol. The SMILES string of the molecule is CC1(C)Cc2[nH]nc(C(=O)N3CCC(c4ccccc4C(F)(F)F)CC3)c2CO1. The van der Waals surface area contributed by atoms with Crippen molar-refractivity contribution < 1.29 is 22.7 Å². The van der Waals surface area contributed by atoms with Gasteiger partial charge in [-0.15, -0.1) is 0 Å². The molecule has 3 heterocycles. The van der Waals surface area contributed by atoms with Crippen LogP contribution in [0.4, 0.5) is 13.2 Å². The van der Waals surface area contributed by atoms with Crippen LogP contribution in [0.5, 0.6) is 0 Å². The minimum Gasteiger partial charge on any atom is -0.370 e. The summed E-state index contributed by atoms with van der Waals surface area (Å²) in [5, 5.41) is 7.18. The lowest BCUT2D eigenvalue weighted by atomic mass is 9.86. The molecule has 0 unspecified atom stereocenters. The van der Waals surface area contributed by atoms with Gasteiger partial charge in [0, 0.05) is 30.8 Å². The van der Waals surface area contributed by atoms with Crippen LogP contribution < -0.4 is 0 Å². The van der Waals surface area contributed by atoms with Gasteiger partial charge in [-0.2, -0.15) is 18.3 Å². The van der Waals surface area contributed by atoms with Gasteiger partial charge < -0.3 is 9.64 Å². The first-order chi connectivity index (χ1) is 13.7. The maximum Gasteiger partial charge on any atom is 0.416 e. The zero-order valence-corrected chi connectivity index (χ0v) is 16.5. The van der Waals surface area contributed by atoms with Crippen molar-refractivity contribution in [2.45, 2.75) is 57.4 Å². The molecular weight excluding hydrogens is 383 g/mol. The fraction of sp³-hybridized carbons (Fsp3) is 0.524. The van der Waals surface area contributed by atoms with E-state index in [1.807, 2.05) is 13.8 Å². The molecule has 0 aliphatic carbocycles. The van der Waals surface area contributed by atoms with Crippen molar-refractivity contribution in [2.24, 2.45) is 0 Å². The molecule has 0 spiro atoms. The molecule has 5 nitrogen and oxygen atoms in total. The maximum absolute atomic E-state index is 13.3. The second-order valence-corrected chi connectivity index (χ2v) is 8.41. The van der Waals surface area contributed by atoms with Crippen molar-refractivity contribution in [3.8, 4) is 0 Å². The van der Waals surface area contributed by atoms with Crippen LogP contribution in [0.3, 0.4) is 0 Å². The van der Waals surface area contributed by atoms with Crippen LogP contribution in [0.1, 0.15) is 65.5 Å². The first-order valence-corrected chi connectivity index (χ1v) is 9.81. The Bertz CT molecular complexity index is 912. The lowest BCUT2D eigenvalue weighted by molar-refractivity contribution is -0.138. The van der Waals surface area contributed by atoms with Gasteiger partial charge in [-0.3, -0.25) is 9.89 Å². The first-order valence-electron chi connectivity index (χ1n) is 9.81. The number of halogens is 3. The van der Waals surface area contributed by atoms with Gasteiger partial charge in [0.25, 0.3) is 5.91 Å². The van der Waals surface area contributed by atoms with Crippen LogP contribution in [0.25, 0.3) is 0 Å². The highest BCUT2D eigenvalue weighted by atomic mass is 19.4. The van der Waals surface area contributed by atoms with Crippen LogP contribution in [0.15, 0.2) is 24.3 Å². The summed E-state index contributed by atoms with van der Waals surface area (Å²) in [4.78, 5) is 14.7. The topological polar surface area (TPSA) is 58.2 Å². The summed E-state index contributed by atoms with van der Waals surface area (Å²) in [6.45, 7) is 5.12. The van der Waals surface area contributed by atoms with E-state index in [-0.39, 0.29) is 17.4 Å². The van der Waals surface area contributed by atoms with Crippen molar-refractivity contribution >= 4 is 5.91 Å². The highest BCUT2D eigenvalue weighted by Gasteiger charge is 2.37. The van der Waals surface area contributed by atoms with Gasteiger partial charge in [-0.05, 0) is 44.2 Å². The third-order valence-corrected chi connectivity index (χ3v) is 5.85. The minimum absolute atomic E-state index is 0.187. The molecule has 156 valence electrons. The molecular formula is C21H24F3N3O2. The van der Waals surface area contributed by atoms with Gasteiger partial charge in [0.05, 0.1) is 17.8 Å². The summed E-state index contributed by atoms with van der Waals surface area (Å²) in [5.41, 5.74) is 1.51. The average Bonchev–Trinajstić information content (AvgIpc) is 3.08. The zero-order valence-electron chi connectivity index (χ0n) is 16.5. The van der Waals surface area contributed by atoms with Crippen LogP contribution >= 0.6 is 0 Å². The molecule has 29 heavy (non-hydrogen) atoms. The molecule has 2 aliphatic rings. The molecule has 1 saturated heterocycles. The number of carbonyl (C=O) groups excluding carboxylic acids is 1. The molecule has 8 heteroatoms. The van der Waals surface area contributed by atoms with E-state index in [1.165, 1.54) is 6.07 Å². The predicted octanol–water partition coefficient (Wildman–Crippen LogP) is 4.30. The average molecular weight is 407 g/mol. The summed E-state index contributed by atoms with van der Waals surface area (Å²) >= 11 is 0. The van der Waals surface area contributed by atoms with Gasteiger partial charge in [-0.1, -0.05) is 18.2 Å². The highest BCUT2D eigenvalue weighted by molar-refractivity contribution is 5.94. The Labute approximate surface area is 167 Å². The lowest BCUT2D eigenvalue weighted by Gasteiger charge is -2.33. The largest absolute Gasteiger partial charge is 0.416 e. The molecule has 0 bridgehead atoms. The third-order valence-electron chi connectivity index (χ3n) is 5.85. The van der Waals surface area contributed by atoms with E-state index in [9.17, 15) is 18.0 Å². The van der Waals surface area contributed by atoms with Crippen molar-refractivity contribution in [1.82, 2.24) is 15.1 Å².